The number of H-pyrrole nitrogens is 1. The van der Waals surface area contributed by atoms with E-state index in [0.29, 0.717) is 43.3 Å². The molecule has 2 aliphatic heterocycles. The SMILES string of the molecule is O=C1CCCN1CC1(O)CCN(c2cc(-c3nc4ccccc4[nH]3)c(Cl)cn2)C1. The number of rotatable bonds is 4. The minimum Gasteiger partial charge on any atom is -0.386 e. The number of likely N-dealkylation sites (tertiary alicyclic amines) is 1. The van der Waals surface area contributed by atoms with Crippen molar-refractivity contribution >= 4 is 34.4 Å². The highest BCUT2D eigenvalue weighted by atomic mass is 35.5. The molecule has 5 rings (SSSR count). The van der Waals surface area contributed by atoms with Crippen LogP contribution >= 0.6 is 11.6 Å². The Labute approximate surface area is 173 Å². The maximum atomic E-state index is 11.9. The first-order valence-corrected chi connectivity index (χ1v) is 10.2. The van der Waals surface area contributed by atoms with Crippen LogP contribution in [0.5, 0.6) is 0 Å². The Hall–Kier alpha value is -2.64. The van der Waals surface area contributed by atoms with Gasteiger partial charge < -0.3 is 19.9 Å². The number of aromatic amines is 1. The lowest BCUT2D eigenvalue weighted by molar-refractivity contribution is -0.130. The number of amides is 1. The maximum absolute atomic E-state index is 11.9. The van der Waals surface area contributed by atoms with Gasteiger partial charge in [0.2, 0.25) is 5.91 Å². The van der Waals surface area contributed by atoms with Crippen LogP contribution in [-0.2, 0) is 4.79 Å². The van der Waals surface area contributed by atoms with E-state index >= 15 is 0 Å². The molecule has 0 bridgehead atoms. The minimum atomic E-state index is -0.916. The summed E-state index contributed by atoms with van der Waals surface area (Å²) in [6.45, 7) is 2.22. The fraction of sp³-hybridized carbons (Fsp3) is 0.381. The van der Waals surface area contributed by atoms with Crippen LogP contribution in [0.25, 0.3) is 22.4 Å². The largest absolute Gasteiger partial charge is 0.386 e. The first-order chi connectivity index (χ1) is 14.0. The van der Waals surface area contributed by atoms with Crippen molar-refractivity contribution < 1.29 is 9.90 Å². The molecule has 1 atom stereocenters. The summed E-state index contributed by atoms with van der Waals surface area (Å²) >= 11 is 6.42. The molecular weight excluding hydrogens is 390 g/mol. The molecule has 2 N–H and O–H groups in total. The van der Waals surface area contributed by atoms with Gasteiger partial charge in [0.05, 0.1) is 22.6 Å². The fourth-order valence-electron chi connectivity index (χ4n) is 4.27. The Morgan fingerprint density at radius 3 is 2.93 bits per heavy atom. The summed E-state index contributed by atoms with van der Waals surface area (Å²) < 4.78 is 0. The van der Waals surface area contributed by atoms with Gasteiger partial charge in [-0.05, 0) is 31.0 Å². The lowest BCUT2D eigenvalue weighted by Crippen LogP contribution is -2.45. The van der Waals surface area contributed by atoms with E-state index in [9.17, 15) is 9.90 Å². The number of imidazole rings is 1. The van der Waals surface area contributed by atoms with E-state index in [2.05, 4.69) is 15.0 Å². The number of benzene rings is 1. The van der Waals surface area contributed by atoms with Crippen LogP contribution in [0, 0.1) is 0 Å². The second-order valence-corrected chi connectivity index (χ2v) is 8.35. The van der Waals surface area contributed by atoms with E-state index < -0.39 is 5.60 Å². The lowest BCUT2D eigenvalue weighted by atomic mass is 10.0. The molecule has 150 valence electrons. The molecular formula is C21H22ClN5O2. The van der Waals surface area contributed by atoms with Gasteiger partial charge in [0, 0.05) is 37.8 Å². The van der Waals surface area contributed by atoms with E-state index in [0.717, 1.165) is 35.4 Å². The highest BCUT2D eigenvalue weighted by Crippen LogP contribution is 2.33. The Bertz CT molecular complexity index is 1050. The molecule has 1 unspecified atom stereocenters. The van der Waals surface area contributed by atoms with Crippen molar-refractivity contribution in [2.75, 3.05) is 31.1 Å². The number of carbonyl (C=O) groups is 1. The summed E-state index contributed by atoms with van der Waals surface area (Å²) in [6, 6.07) is 9.74. The monoisotopic (exact) mass is 411 g/mol. The zero-order valence-corrected chi connectivity index (χ0v) is 16.7. The number of aromatic nitrogens is 3. The molecule has 0 saturated carbocycles. The predicted octanol–water partition coefficient (Wildman–Crippen LogP) is 2.84. The Kier molecular flexibility index (Phi) is 4.44. The first kappa shape index (κ1) is 18.4. The van der Waals surface area contributed by atoms with Gasteiger partial charge in [-0.3, -0.25) is 4.79 Å². The molecule has 29 heavy (non-hydrogen) atoms. The molecule has 7 nitrogen and oxygen atoms in total. The zero-order valence-electron chi connectivity index (χ0n) is 15.9. The van der Waals surface area contributed by atoms with E-state index in [1.54, 1.807) is 11.1 Å². The molecule has 2 saturated heterocycles. The summed E-state index contributed by atoms with van der Waals surface area (Å²) in [5.41, 5.74) is 1.68. The van der Waals surface area contributed by atoms with Crippen molar-refractivity contribution in [2.24, 2.45) is 0 Å². The first-order valence-electron chi connectivity index (χ1n) is 9.87. The average molecular weight is 412 g/mol. The van der Waals surface area contributed by atoms with Crippen molar-refractivity contribution in [1.82, 2.24) is 19.9 Å². The molecule has 0 spiro atoms. The van der Waals surface area contributed by atoms with Gasteiger partial charge in [-0.15, -0.1) is 0 Å². The van der Waals surface area contributed by atoms with Crippen molar-refractivity contribution in [1.29, 1.82) is 0 Å². The van der Waals surface area contributed by atoms with Crippen LogP contribution in [0.1, 0.15) is 19.3 Å². The van der Waals surface area contributed by atoms with Crippen molar-refractivity contribution in [3.05, 3.63) is 41.6 Å². The number of para-hydroxylation sites is 2. The number of halogens is 1. The van der Waals surface area contributed by atoms with E-state index in [1.807, 2.05) is 35.2 Å². The third-order valence-electron chi connectivity index (χ3n) is 5.80. The van der Waals surface area contributed by atoms with Crippen LogP contribution in [0.2, 0.25) is 5.02 Å². The van der Waals surface area contributed by atoms with Crippen LogP contribution in [0.15, 0.2) is 36.5 Å². The van der Waals surface area contributed by atoms with Crippen molar-refractivity contribution in [2.45, 2.75) is 24.9 Å². The molecule has 1 aromatic carbocycles. The van der Waals surface area contributed by atoms with Crippen LogP contribution in [0.3, 0.4) is 0 Å². The minimum absolute atomic E-state index is 0.133. The van der Waals surface area contributed by atoms with Gasteiger partial charge >= 0.3 is 0 Å². The average Bonchev–Trinajstić information content (AvgIpc) is 3.41. The van der Waals surface area contributed by atoms with Gasteiger partial charge in [-0.2, -0.15) is 0 Å². The lowest BCUT2D eigenvalue weighted by Gasteiger charge is -2.29. The van der Waals surface area contributed by atoms with Gasteiger partial charge in [0.1, 0.15) is 17.2 Å². The van der Waals surface area contributed by atoms with Crippen LogP contribution in [0.4, 0.5) is 5.82 Å². The molecule has 0 radical (unpaired) electrons. The number of nitrogens with zero attached hydrogens (tertiary/aromatic N) is 4. The van der Waals surface area contributed by atoms with Crippen molar-refractivity contribution in [3.63, 3.8) is 0 Å². The quantitative estimate of drug-likeness (QED) is 0.689. The van der Waals surface area contributed by atoms with Crippen molar-refractivity contribution in [3.8, 4) is 11.4 Å². The zero-order chi connectivity index (χ0) is 20.0. The number of hydrogen-bond acceptors (Lipinski definition) is 5. The molecule has 8 heteroatoms. The van der Waals surface area contributed by atoms with Gasteiger partial charge in [0.25, 0.3) is 0 Å². The number of pyridine rings is 1. The standard InChI is InChI=1S/C21H22ClN5O2/c22-15-11-23-18(10-14(15)20-24-16-4-1-2-5-17(16)25-20)26-9-7-21(29,12-26)13-27-8-3-6-19(27)28/h1-2,4-5,10-11,29H,3,6-9,12-13H2,(H,24,25). The number of hydrogen-bond donors (Lipinski definition) is 2. The van der Waals surface area contributed by atoms with E-state index in [1.165, 1.54) is 0 Å². The summed E-state index contributed by atoms with van der Waals surface area (Å²) in [5.74, 6) is 1.57. The molecule has 0 aliphatic carbocycles. The summed E-state index contributed by atoms with van der Waals surface area (Å²) in [6.07, 6.45) is 3.68. The fourth-order valence-corrected chi connectivity index (χ4v) is 4.46. The van der Waals surface area contributed by atoms with Crippen LogP contribution < -0.4 is 4.90 Å². The Balaban J connectivity index is 1.39. The van der Waals surface area contributed by atoms with E-state index in [4.69, 9.17) is 11.6 Å². The topological polar surface area (TPSA) is 85.4 Å². The molecule has 4 heterocycles. The molecule has 1 amide bonds. The maximum Gasteiger partial charge on any atom is 0.222 e. The number of fused-ring (bicyclic) bond motifs is 1. The third-order valence-corrected chi connectivity index (χ3v) is 6.10. The molecule has 2 fully saturated rings. The normalized spacial score (nSPS) is 22.2. The third kappa shape index (κ3) is 3.45. The van der Waals surface area contributed by atoms with Gasteiger partial charge in [-0.25, -0.2) is 9.97 Å². The number of aliphatic hydroxyl groups is 1. The van der Waals surface area contributed by atoms with Crippen LogP contribution in [-0.4, -0.2) is 62.6 Å². The smallest absolute Gasteiger partial charge is 0.222 e. The number of nitrogens with one attached hydrogen (secondary N) is 1. The number of β-amino-alcohol motifs (C(OH)–C–C–N with tert-alkyl or cyclic N) is 1. The van der Waals surface area contributed by atoms with E-state index in [-0.39, 0.29) is 5.91 Å². The molecule has 3 aromatic rings. The highest BCUT2D eigenvalue weighted by Gasteiger charge is 2.40. The second-order valence-electron chi connectivity index (χ2n) is 7.94. The molecule has 2 aliphatic rings. The summed E-state index contributed by atoms with van der Waals surface area (Å²) in [4.78, 5) is 28.2. The highest BCUT2D eigenvalue weighted by molar-refractivity contribution is 6.33. The molecule has 2 aromatic heterocycles. The summed E-state index contributed by atoms with van der Waals surface area (Å²) in [7, 11) is 0. The number of carbonyl (C=O) groups excluding carboxylic acids is 1. The van der Waals surface area contributed by atoms with Gasteiger partial charge in [0.15, 0.2) is 0 Å². The summed E-state index contributed by atoms with van der Waals surface area (Å²) in [5, 5.41) is 11.5. The predicted molar refractivity (Wildman–Crippen MR) is 112 cm³/mol. The Morgan fingerprint density at radius 2 is 2.14 bits per heavy atom. The van der Waals surface area contributed by atoms with Gasteiger partial charge in [-0.1, -0.05) is 23.7 Å². The Morgan fingerprint density at radius 1 is 1.28 bits per heavy atom. The second kappa shape index (κ2) is 7.00. The number of anilines is 1.